The second-order valence-electron chi connectivity index (χ2n) is 5.73. The third-order valence-electron chi connectivity index (χ3n) is 4.01. The molecule has 0 spiro atoms. The SMILES string of the molecule is Cc1ccccc1OCCCC(=O)N1CCC[C@@H](C(=O)O)C1. The Morgan fingerprint density at radius 1 is 1.36 bits per heavy atom. The normalized spacial score (nSPS) is 18.0. The number of aryl methyl sites for hydroxylation is 1. The maximum atomic E-state index is 12.1. The van der Waals surface area contributed by atoms with Gasteiger partial charge in [0, 0.05) is 19.5 Å². The number of rotatable bonds is 6. The van der Waals surface area contributed by atoms with Crippen LogP contribution in [-0.4, -0.2) is 41.6 Å². The summed E-state index contributed by atoms with van der Waals surface area (Å²) >= 11 is 0. The first-order valence-corrected chi connectivity index (χ1v) is 7.77. The zero-order valence-corrected chi connectivity index (χ0v) is 13.0. The Bertz CT molecular complexity index is 529. The maximum Gasteiger partial charge on any atom is 0.308 e. The average molecular weight is 305 g/mol. The third-order valence-corrected chi connectivity index (χ3v) is 4.01. The highest BCUT2D eigenvalue weighted by atomic mass is 16.5. The summed E-state index contributed by atoms with van der Waals surface area (Å²) in [6, 6.07) is 7.79. The fraction of sp³-hybridized carbons (Fsp3) is 0.529. The molecule has 1 amide bonds. The Hall–Kier alpha value is -2.04. The number of aliphatic carboxylic acids is 1. The Morgan fingerprint density at radius 2 is 2.14 bits per heavy atom. The van der Waals surface area contributed by atoms with Gasteiger partial charge >= 0.3 is 5.97 Å². The molecule has 5 heteroatoms. The van der Waals surface area contributed by atoms with Crippen molar-refractivity contribution in [1.29, 1.82) is 0 Å². The largest absolute Gasteiger partial charge is 0.493 e. The molecule has 1 atom stereocenters. The fourth-order valence-corrected chi connectivity index (χ4v) is 2.69. The number of benzene rings is 1. The molecule has 0 aliphatic carbocycles. The van der Waals surface area contributed by atoms with Crippen molar-refractivity contribution in [3.8, 4) is 5.75 Å². The van der Waals surface area contributed by atoms with E-state index in [-0.39, 0.29) is 5.91 Å². The Morgan fingerprint density at radius 3 is 2.86 bits per heavy atom. The van der Waals surface area contributed by atoms with Crippen LogP contribution in [0.1, 0.15) is 31.2 Å². The second kappa shape index (κ2) is 7.82. The number of carboxylic acid groups (broad SMARTS) is 1. The molecule has 22 heavy (non-hydrogen) atoms. The summed E-state index contributed by atoms with van der Waals surface area (Å²) in [4.78, 5) is 24.8. The summed E-state index contributed by atoms with van der Waals surface area (Å²) in [5, 5.41) is 9.05. The van der Waals surface area contributed by atoms with E-state index in [0.717, 1.165) is 17.7 Å². The van der Waals surface area contributed by atoms with Crippen molar-refractivity contribution >= 4 is 11.9 Å². The number of carboxylic acids is 1. The van der Waals surface area contributed by atoms with Crippen molar-refractivity contribution in [2.45, 2.75) is 32.6 Å². The van der Waals surface area contributed by atoms with Gasteiger partial charge in [0.2, 0.25) is 5.91 Å². The van der Waals surface area contributed by atoms with Crippen molar-refractivity contribution < 1.29 is 19.4 Å². The highest BCUT2D eigenvalue weighted by molar-refractivity contribution is 5.78. The summed E-state index contributed by atoms with van der Waals surface area (Å²) in [6.07, 6.45) is 2.47. The van der Waals surface area contributed by atoms with Gasteiger partial charge in [-0.2, -0.15) is 0 Å². The molecule has 1 aromatic carbocycles. The summed E-state index contributed by atoms with van der Waals surface area (Å²) in [5.41, 5.74) is 1.08. The van der Waals surface area contributed by atoms with Crippen LogP contribution in [0.15, 0.2) is 24.3 Å². The number of nitrogens with zero attached hydrogens (tertiary/aromatic N) is 1. The lowest BCUT2D eigenvalue weighted by Gasteiger charge is -2.30. The molecular formula is C17H23NO4. The monoisotopic (exact) mass is 305 g/mol. The van der Waals surface area contributed by atoms with Gasteiger partial charge in [0.1, 0.15) is 5.75 Å². The van der Waals surface area contributed by atoms with Crippen molar-refractivity contribution in [3.05, 3.63) is 29.8 Å². The molecule has 0 saturated carbocycles. The molecular weight excluding hydrogens is 282 g/mol. The first-order chi connectivity index (χ1) is 10.6. The van der Waals surface area contributed by atoms with Crippen molar-refractivity contribution in [1.82, 2.24) is 4.90 Å². The number of hydrogen-bond acceptors (Lipinski definition) is 3. The number of piperidine rings is 1. The van der Waals surface area contributed by atoms with E-state index >= 15 is 0 Å². The molecule has 1 aliphatic heterocycles. The second-order valence-corrected chi connectivity index (χ2v) is 5.73. The lowest BCUT2D eigenvalue weighted by Crippen LogP contribution is -2.42. The first kappa shape index (κ1) is 16.3. The Balaban J connectivity index is 1.71. The van der Waals surface area contributed by atoms with Gasteiger partial charge < -0.3 is 14.7 Å². The molecule has 1 aromatic rings. The minimum atomic E-state index is -0.805. The number of amides is 1. The molecule has 1 N–H and O–H groups in total. The van der Waals surface area contributed by atoms with Crippen LogP contribution >= 0.6 is 0 Å². The van der Waals surface area contributed by atoms with Gasteiger partial charge in [-0.25, -0.2) is 0 Å². The van der Waals surface area contributed by atoms with Crippen molar-refractivity contribution in [3.63, 3.8) is 0 Å². The molecule has 1 fully saturated rings. The smallest absolute Gasteiger partial charge is 0.308 e. The van der Waals surface area contributed by atoms with E-state index in [1.54, 1.807) is 4.90 Å². The zero-order valence-electron chi connectivity index (χ0n) is 13.0. The highest BCUT2D eigenvalue weighted by Crippen LogP contribution is 2.19. The van der Waals surface area contributed by atoms with Crippen LogP contribution in [0.4, 0.5) is 0 Å². The van der Waals surface area contributed by atoms with Crippen LogP contribution in [0.5, 0.6) is 5.75 Å². The van der Waals surface area contributed by atoms with Crippen molar-refractivity contribution in [2.24, 2.45) is 5.92 Å². The van der Waals surface area contributed by atoms with Crippen molar-refractivity contribution in [2.75, 3.05) is 19.7 Å². The van der Waals surface area contributed by atoms with E-state index in [9.17, 15) is 9.59 Å². The van der Waals surface area contributed by atoms with Gasteiger partial charge in [-0.1, -0.05) is 18.2 Å². The summed E-state index contributed by atoms with van der Waals surface area (Å²) < 4.78 is 5.67. The standard InChI is InChI=1S/C17H23NO4/c1-13-6-2-3-8-15(13)22-11-5-9-16(19)18-10-4-7-14(12-18)17(20)21/h2-3,6,8,14H,4-5,7,9-12H2,1H3,(H,20,21)/t14-/m1/s1. The van der Waals surface area contributed by atoms with E-state index in [1.165, 1.54) is 0 Å². The van der Waals surface area contributed by atoms with Crippen LogP contribution < -0.4 is 4.74 Å². The predicted octanol–water partition coefficient (Wildman–Crippen LogP) is 2.48. The fourth-order valence-electron chi connectivity index (χ4n) is 2.69. The Labute approximate surface area is 130 Å². The van der Waals surface area contributed by atoms with Gasteiger partial charge in [-0.05, 0) is 37.8 Å². The van der Waals surface area contributed by atoms with E-state index in [4.69, 9.17) is 9.84 Å². The molecule has 1 saturated heterocycles. The van der Waals surface area contributed by atoms with Crippen LogP contribution in [0.25, 0.3) is 0 Å². The van der Waals surface area contributed by atoms with E-state index in [0.29, 0.717) is 39.0 Å². The van der Waals surface area contributed by atoms with Crippen LogP contribution in [0, 0.1) is 12.8 Å². The maximum absolute atomic E-state index is 12.1. The number of para-hydroxylation sites is 1. The summed E-state index contributed by atoms with van der Waals surface area (Å²) in [6.45, 7) is 3.49. The lowest BCUT2D eigenvalue weighted by molar-refractivity contribution is -0.145. The quantitative estimate of drug-likeness (QED) is 0.820. The predicted molar refractivity (Wildman–Crippen MR) is 82.8 cm³/mol. The summed E-state index contributed by atoms with van der Waals surface area (Å²) in [7, 11) is 0. The van der Waals surface area contributed by atoms with E-state index < -0.39 is 11.9 Å². The first-order valence-electron chi connectivity index (χ1n) is 7.77. The number of carbonyl (C=O) groups is 2. The zero-order chi connectivity index (χ0) is 15.9. The molecule has 120 valence electrons. The van der Waals surface area contributed by atoms with E-state index in [1.807, 2.05) is 31.2 Å². The molecule has 5 nitrogen and oxygen atoms in total. The van der Waals surface area contributed by atoms with Crippen LogP contribution in [-0.2, 0) is 9.59 Å². The van der Waals surface area contributed by atoms with Gasteiger partial charge in [0.15, 0.2) is 0 Å². The molecule has 0 aromatic heterocycles. The highest BCUT2D eigenvalue weighted by Gasteiger charge is 2.27. The van der Waals surface area contributed by atoms with Gasteiger partial charge in [0.25, 0.3) is 0 Å². The van der Waals surface area contributed by atoms with Gasteiger partial charge in [0.05, 0.1) is 12.5 Å². The van der Waals surface area contributed by atoms with Gasteiger partial charge in [-0.15, -0.1) is 0 Å². The minimum absolute atomic E-state index is 0.0272. The molecule has 0 unspecified atom stereocenters. The topological polar surface area (TPSA) is 66.8 Å². The third kappa shape index (κ3) is 4.48. The molecule has 0 bridgehead atoms. The van der Waals surface area contributed by atoms with Crippen LogP contribution in [0.3, 0.4) is 0 Å². The molecule has 2 rings (SSSR count). The molecule has 1 aliphatic rings. The number of likely N-dealkylation sites (tertiary alicyclic amines) is 1. The minimum Gasteiger partial charge on any atom is -0.493 e. The lowest BCUT2D eigenvalue weighted by atomic mass is 9.98. The number of hydrogen-bond donors (Lipinski definition) is 1. The number of ether oxygens (including phenoxy) is 1. The molecule has 1 heterocycles. The number of carbonyl (C=O) groups excluding carboxylic acids is 1. The van der Waals surface area contributed by atoms with Gasteiger partial charge in [-0.3, -0.25) is 9.59 Å². The van der Waals surface area contributed by atoms with E-state index in [2.05, 4.69) is 0 Å². The average Bonchev–Trinajstić information content (AvgIpc) is 2.53. The van der Waals surface area contributed by atoms with Crippen LogP contribution in [0.2, 0.25) is 0 Å². The molecule has 0 radical (unpaired) electrons. The Kier molecular flexibility index (Phi) is 5.81. The summed E-state index contributed by atoms with van der Waals surface area (Å²) in [5.74, 6) is -0.348.